The van der Waals surface area contributed by atoms with Crippen molar-refractivity contribution in [2.45, 2.75) is 6.54 Å². The molecule has 3 rings (SSSR count). The summed E-state index contributed by atoms with van der Waals surface area (Å²) in [4.78, 5) is 20.9. The first kappa shape index (κ1) is 11.7. The van der Waals surface area contributed by atoms with Crippen LogP contribution in [-0.4, -0.2) is 18.9 Å². The summed E-state index contributed by atoms with van der Waals surface area (Å²) in [5.41, 5.74) is 0.400. The highest BCUT2D eigenvalue weighted by molar-refractivity contribution is 7.15. The molecule has 0 radical (unpaired) electrons. The number of fused-ring (bicyclic) bond motifs is 1. The number of imidazole rings is 1. The third kappa shape index (κ3) is 1.92. The summed E-state index contributed by atoms with van der Waals surface area (Å²) in [5.74, 6) is 0. The van der Waals surface area contributed by atoms with Gasteiger partial charge in [0.05, 0.1) is 18.6 Å². The van der Waals surface area contributed by atoms with E-state index in [0.717, 1.165) is 10.7 Å². The second-order valence-electron chi connectivity index (χ2n) is 3.61. The van der Waals surface area contributed by atoms with Gasteiger partial charge in [-0.2, -0.15) is 0 Å². The zero-order valence-electron chi connectivity index (χ0n) is 8.88. The minimum Gasteiger partial charge on any atom is -0.297 e. The van der Waals surface area contributed by atoms with Crippen LogP contribution < -0.4 is 5.56 Å². The van der Waals surface area contributed by atoms with Gasteiger partial charge >= 0.3 is 0 Å². The Morgan fingerprint density at radius 1 is 1.39 bits per heavy atom. The molecule has 5 nitrogen and oxygen atoms in total. The van der Waals surface area contributed by atoms with E-state index in [0.29, 0.717) is 6.54 Å². The molecule has 0 amide bonds. The van der Waals surface area contributed by atoms with Crippen LogP contribution in [0.5, 0.6) is 0 Å². The molecule has 3 heterocycles. The molecule has 8 heteroatoms. The van der Waals surface area contributed by atoms with Gasteiger partial charge in [-0.15, -0.1) is 11.3 Å². The lowest BCUT2D eigenvalue weighted by Crippen LogP contribution is -2.21. The van der Waals surface area contributed by atoms with Crippen LogP contribution in [-0.2, 0) is 6.54 Å². The van der Waals surface area contributed by atoms with E-state index in [-0.39, 0.29) is 15.7 Å². The fourth-order valence-corrected chi connectivity index (χ4v) is 2.58. The average molecular weight is 301 g/mol. The Labute approximate surface area is 115 Å². The Morgan fingerprint density at radius 2 is 2.22 bits per heavy atom. The van der Waals surface area contributed by atoms with E-state index in [9.17, 15) is 4.79 Å². The normalized spacial score (nSPS) is 11.2. The Kier molecular flexibility index (Phi) is 2.85. The molecule has 0 aliphatic carbocycles. The molecular formula is C10H6Cl2N4OS. The lowest BCUT2D eigenvalue weighted by Gasteiger charge is -2.03. The standard InChI is InChI=1S/C10H6Cl2N4OS/c11-7-8(12)13-5-16(9(7)17)4-6-3-15-1-2-18-10(15)14-6/h1-3,5H,4H2. The number of thiazole rings is 1. The molecule has 18 heavy (non-hydrogen) atoms. The van der Waals surface area contributed by atoms with Gasteiger partial charge in [0.2, 0.25) is 0 Å². The molecule has 0 N–H and O–H groups in total. The maximum absolute atomic E-state index is 11.8. The summed E-state index contributed by atoms with van der Waals surface area (Å²) in [7, 11) is 0. The van der Waals surface area contributed by atoms with Gasteiger partial charge in [-0.25, -0.2) is 9.97 Å². The number of rotatable bonds is 2. The largest absolute Gasteiger partial charge is 0.297 e. The smallest absolute Gasteiger partial charge is 0.274 e. The van der Waals surface area contributed by atoms with Crippen LogP contribution in [0.1, 0.15) is 5.69 Å². The molecule has 0 fully saturated rings. The highest BCUT2D eigenvalue weighted by atomic mass is 35.5. The van der Waals surface area contributed by atoms with Crippen molar-refractivity contribution in [3.63, 3.8) is 0 Å². The second-order valence-corrected chi connectivity index (χ2v) is 5.22. The van der Waals surface area contributed by atoms with Gasteiger partial charge < -0.3 is 0 Å². The van der Waals surface area contributed by atoms with Crippen LogP contribution in [0, 0.1) is 0 Å². The molecule has 0 aliphatic rings. The Hall–Kier alpha value is -1.37. The number of aromatic nitrogens is 4. The van der Waals surface area contributed by atoms with Crippen molar-refractivity contribution in [3.8, 4) is 0 Å². The van der Waals surface area contributed by atoms with E-state index in [2.05, 4.69) is 9.97 Å². The van der Waals surface area contributed by atoms with Gasteiger partial charge in [0.15, 0.2) is 10.1 Å². The minimum atomic E-state index is -0.368. The van der Waals surface area contributed by atoms with Crippen molar-refractivity contribution in [3.05, 3.63) is 50.3 Å². The van der Waals surface area contributed by atoms with Crippen LogP contribution in [0.3, 0.4) is 0 Å². The monoisotopic (exact) mass is 300 g/mol. The predicted molar refractivity (Wildman–Crippen MR) is 70.7 cm³/mol. The van der Waals surface area contributed by atoms with Gasteiger partial charge in [0, 0.05) is 17.8 Å². The van der Waals surface area contributed by atoms with E-state index in [1.807, 2.05) is 22.2 Å². The molecule has 0 atom stereocenters. The van der Waals surface area contributed by atoms with Crippen LogP contribution in [0.25, 0.3) is 4.96 Å². The molecule has 0 saturated carbocycles. The van der Waals surface area contributed by atoms with Gasteiger partial charge in [0.25, 0.3) is 5.56 Å². The zero-order chi connectivity index (χ0) is 12.7. The zero-order valence-corrected chi connectivity index (χ0v) is 11.2. The van der Waals surface area contributed by atoms with Crippen molar-refractivity contribution in [2.24, 2.45) is 0 Å². The van der Waals surface area contributed by atoms with Crippen molar-refractivity contribution in [2.75, 3.05) is 0 Å². The first-order valence-corrected chi connectivity index (χ1v) is 6.60. The van der Waals surface area contributed by atoms with E-state index in [4.69, 9.17) is 23.2 Å². The SMILES string of the molecule is O=c1c(Cl)c(Cl)ncn1Cc1cn2ccsc2n1. The van der Waals surface area contributed by atoms with E-state index >= 15 is 0 Å². The summed E-state index contributed by atoms with van der Waals surface area (Å²) in [6, 6.07) is 0. The van der Waals surface area contributed by atoms with Crippen molar-refractivity contribution in [1.82, 2.24) is 18.9 Å². The molecule has 0 aromatic carbocycles. The van der Waals surface area contributed by atoms with Gasteiger partial charge in [-0.05, 0) is 0 Å². The van der Waals surface area contributed by atoms with Crippen molar-refractivity contribution >= 4 is 39.5 Å². The van der Waals surface area contributed by atoms with Crippen LogP contribution in [0.2, 0.25) is 10.2 Å². The Morgan fingerprint density at radius 3 is 3.00 bits per heavy atom. The summed E-state index contributed by atoms with van der Waals surface area (Å²) in [6.07, 6.45) is 5.14. The molecule has 92 valence electrons. The molecule has 3 aromatic heterocycles. The van der Waals surface area contributed by atoms with Crippen molar-refractivity contribution in [1.29, 1.82) is 0 Å². The minimum absolute atomic E-state index is 0.0174. The lowest BCUT2D eigenvalue weighted by atomic mass is 10.4. The van der Waals surface area contributed by atoms with Gasteiger partial charge in [0.1, 0.15) is 5.02 Å². The van der Waals surface area contributed by atoms with Crippen LogP contribution >= 0.6 is 34.5 Å². The topological polar surface area (TPSA) is 52.2 Å². The highest BCUT2D eigenvalue weighted by Gasteiger charge is 2.09. The number of halogens is 2. The fourth-order valence-electron chi connectivity index (χ4n) is 1.58. The quantitative estimate of drug-likeness (QED) is 0.683. The number of hydrogen-bond acceptors (Lipinski definition) is 4. The molecule has 0 bridgehead atoms. The second kappa shape index (κ2) is 4.38. The maximum Gasteiger partial charge on any atom is 0.274 e. The summed E-state index contributed by atoms with van der Waals surface area (Å²) in [5, 5.41) is 1.89. The summed E-state index contributed by atoms with van der Waals surface area (Å²) in [6.45, 7) is 0.317. The lowest BCUT2D eigenvalue weighted by molar-refractivity contribution is 0.723. The van der Waals surface area contributed by atoms with Gasteiger partial charge in [-0.1, -0.05) is 23.2 Å². The van der Waals surface area contributed by atoms with E-state index in [1.54, 1.807) is 0 Å². The summed E-state index contributed by atoms with van der Waals surface area (Å²) >= 11 is 12.9. The van der Waals surface area contributed by atoms with Crippen LogP contribution in [0.15, 0.2) is 28.9 Å². The van der Waals surface area contributed by atoms with E-state index < -0.39 is 0 Å². The first-order valence-electron chi connectivity index (χ1n) is 4.96. The third-order valence-corrected chi connectivity index (χ3v) is 3.91. The number of nitrogens with zero attached hydrogens (tertiary/aromatic N) is 4. The van der Waals surface area contributed by atoms with Crippen LogP contribution in [0.4, 0.5) is 0 Å². The molecular weight excluding hydrogens is 295 g/mol. The van der Waals surface area contributed by atoms with Crippen molar-refractivity contribution < 1.29 is 0 Å². The van der Waals surface area contributed by atoms with Gasteiger partial charge in [-0.3, -0.25) is 13.8 Å². The molecule has 0 aliphatic heterocycles. The molecule has 3 aromatic rings. The molecule has 0 saturated heterocycles. The predicted octanol–water partition coefficient (Wildman–Crippen LogP) is 2.31. The molecule has 0 spiro atoms. The first-order chi connectivity index (χ1) is 8.65. The Balaban J connectivity index is 2.00. The Bertz CT molecular complexity index is 747. The average Bonchev–Trinajstić information content (AvgIpc) is 2.90. The summed E-state index contributed by atoms with van der Waals surface area (Å²) < 4.78 is 3.27. The highest BCUT2D eigenvalue weighted by Crippen LogP contribution is 2.14. The van der Waals surface area contributed by atoms with E-state index in [1.165, 1.54) is 22.2 Å². The maximum atomic E-state index is 11.8. The molecule has 0 unspecified atom stereocenters. The fraction of sp³-hybridized carbons (Fsp3) is 0.100. The third-order valence-electron chi connectivity index (χ3n) is 2.42. The number of hydrogen-bond donors (Lipinski definition) is 0.